The van der Waals surface area contributed by atoms with E-state index in [4.69, 9.17) is 23.2 Å². The molecule has 0 aliphatic heterocycles. The highest BCUT2D eigenvalue weighted by Gasteiger charge is 2.10. The minimum atomic E-state index is 0.00456. The van der Waals surface area contributed by atoms with Gasteiger partial charge in [0.25, 0.3) is 0 Å². The lowest BCUT2D eigenvalue weighted by Crippen LogP contribution is -2.09. The molecule has 4 heteroatoms. The van der Waals surface area contributed by atoms with E-state index in [1.54, 1.807) is 18.2 Å². The van der Waals surface area contributed by atoms with E-state index >= 15 is 0 Å². The Hall–Kier alpha value is -1.77. The largest absolute Gasteiger partial charge is 0.340 e. The number of Topliss-reactive ketones (excluding diaryl/α,β-unsaturated/α-hetero) is 1. The third-order valence-corrected chi connectivity index (χ3v) is 3.97. The van der Waals surface area contributed by atoms with Gasteiger partial charge < -0.3 is 4.57 Å². The van der Waals surface area contributed by atoms with Gasteiger partial charge in [0.2, 0.25) is 0 Å². The van der Waals surface area contributed by atoms with Crippen LogP contribution in [0.1, 0.15) is 10.4 Å². The van der Waals surface area contributed by atoms with Gasteiger partial charge in [0.1, 0.15) is 0 Å². The molecule has 2 aromatic carbocycles. The van der Waals surface area contributed by atoms with Crippen molar-refractivity contribution >= 4 is 39.9 Å². The Morgan fingerprint density at radius 3 is 2.60 bits per heavy atom. The maximum absolute atomic E-state index is 12.3. The second-order valence-electron chi connectivity index (χ2n) is 4.55. The topological polar surface area (TPSA) is 22.0 Å². The standard InChI is InChI=1S/C16H11Cl2NO/c17-13-6-5-12(9-14(13)18)16(20)10-19-8-7-11-3-1-2-4-15(11)19/h1-9H,10H2. The molecule has 0 bridgehead atoms. The second kappa shape index (κ2) is 5.31. The highest BCUT2D eigenvalue weighted by atomic mass is 35.5. The number of halogens is 2. The Bertz CT molecular complexity index is 792. The van der Waals surface area contributed by atoms with Crippen LogP contribution in [0.2, 0.25) is 10.0 Å². The third-order valence-electron chi connectivity index (χ3n) is 3.24. The van der Waals surface area contributed by atoms with Crippen molar-refractivity contribution in [1.82, 2.24) is 4.57 Å². The number of nitrogens with zero attached hydrogens (tertiary/aromatic N) is 1. The summed E-state index contributed by atoms with van der Waals surface area (Å²) in [5, 5.41) is 1.97. The minimum Gasteiger partial charge on any atom is -0.340 e. The van der Waals surface area contributed by atoms with Gasteiger partial charge in [0, 0.05) is 17.3 Å². The number of aromatic nitrogens is 1. The SMILES string of the molecule is O=C(Cn1ccc2ccccc21)c1ccc(Cl)c(Cl)c1. The van der Waals surface area contributed by atoms with Crippen molar-refractivity contribution in [2.75, 3.05) is 0 Å². The zero-order chi connectivity index (χ0) is 14.1. The Kier molecular flexibility index (Phi) is 3.51. The highest BCUT2D eigenvalue weighted by Crippen LogP contribution is 2.23. The number of rotatable bonds is 3. The quantitative estimate of drug-likeness (QED) is 0.635. The van der Waals surface area contributed by atoms with E-state index in [1.165, 1.54) is 0 Å². The summed E-state index contributed by atoms with van der Waals surface area (Å²) in [6, 6.07) is 14.9. The van der Waals surface area contributed by atoms with Gasteiger partial charge in [-0.05, 0) is 35.7 Å². The van der Waals surface area contributed by atoms with Gasteiger partial charge in [0.15, 0.2) is 5.78 Å². The smallest absolute Gasteiger partial charge is 0.182 e. The summed E-state index contributed by atoms with van der Waals surface area (Å²) in [5.74, 6) is 0.00456. The summed E-state index contributed by atoms with van der Waals surface area (Å²) in [6.07, 6.45) is 1.92. The first kappa shape index (κ1) is 13.2. The molecule has 0 aliphatic carbocycles. The van der Waals surface area contributed by atoms with Crippen LogP contribution in [0.3, 0.4) is 0 Å². The van der Waals surface area contributed by atoms with E-state index in [9.17, 15) is 4.79 Å². The van der Waals surface area contributed by atoms with Crippen molar-refractivity contribution < 1.29 is 4.79 Å². The molecule has 3 aromatic rings. The summed E-state index contributed by atoms with van der Waals surface area (Å²) < 4.78 is 1.93. The van der Waals surface area contributed by atoms with Crippen molar-refractivity contribution in [3.63, 3.8) is 0 Å². The first-order chi connectivity index (χ1) is 9.65. The fourth-order valence-corrected chi connectivity index (χ4v) is 2.49. The van der Waals surface area contributed by atoms with E-state index in [-0.39, 0.29) is 12.3 Å². The fourth-order valence-electron chi connectivity index (χ4n) is 2.19. The number of benzene rings is 2. The predicted octanol–water partition coefficient (Wildman–Crippen LogP) is 4.83. The van der Waals surface area contributed by atoms with Crippen molar-refractivity contribution in [2.24, 2.45) is 0 Å². The van der Waals surface area contributed by atoms with Gasteiger partial charge in [-0.1, -0.05) is 41.4 Å². The van der Waals surface area contributed by atoms with Crippen LogP contribution >= 0.6 is 23.2 Å². The van der Waals surface area contributed by atoms with Crippen molar-refractivity contribution in [3.8, 4) is 0 Å². The Balaban J connectivity index is 1.90. The average Bonchev–Trinajstić information content (AvgIpc) is 2.85. The minimum absolute atomic E-state index is 0.00456. The molecular formula is C16H11Cl2NO. The number of ketones is 1. The van der Waals surface area contributed by atoms with Crippen molar-refractivity contribution in [3.05, 3.63) is 70.3 Å². The van der Waals surface area contributed by atoms with E-state index in [2.05, 4.69) is 0 Å². The zero-order valence-corrected chi connectivity index (χ0v) is 12.0. The molecule has 0 aliphatic rings. The normalized spacial score (nSPS) is 10.9. The van der Waals surface area contributed by atoms with Gasteiger partial charge in [-0.25, -0.2) is 0 Å². The molecule has 0 amide bonds. The van der Waals surface area contributed by atoms with Crippen LogP contribution < -0.4 is 0 Å². The lowest BCUT2D eigenvalue weighted by atomic mass is 10.1. The van der Waals surface area contributed by atoms with E-state index in [0.29, 0.717) is 15.6 Å². The Morgan fingerprint density at radius 1 is 1.00 bits per heavy atom. The number of para-hydroxylation sites is 1. The molecule has 0 unspecified atom stereocenters. The number of carbonyl (C=O) groups is 1. The highest BCUT2D eigenvalue weighted by molar-refractivity contribution is 6.42. The molecule has 0 N–H and O–H groups in total. The van der Waals surface area contributed by atoms with E-state index < -0.39 is 0 Å². The predicted molar refractivity (Wildman–Crippen MR) is 82.7 cm³/mol. The van der Waals surface area contributed by atoms with Gasteiger partial charge in [-0.15, -0.1) is 0 Å². The van der Waals surface area contributed by atoms with E-state index in [1.807, 2.05) is 41.1 Å². The van der Waals surface area contributed by atoms with Gasteiger partial charge in [-0.2, -0.15) is 0 Å². The molecule has 2 nitrogen and oxygen atoms in total. The van der Waals surface area contributed by atoms with Crippen LogP contribution in [0.15, 0.2) is 54.7 Å². The Labute approximate surface area is 126 Å². The third kappa shape index (κ3) is 2.45. The van der Waals surface area contributed by atoms with Crippen LogP contribution in [0.4, 0.5) is 0 Å². The van der Waals surface area contributed by atoms with Gasteiger partial charge in [-0.3, -0.25) is 4.79 Å². The lowest BCUT2D eigenvalue weighted by molar-refractivity contribution is 0.0973. The monoisotopic (exact) mass is 303 g/mol. The first-order valence-corrected chi connectivity index (χ1v) is 6.93. The molecule has 20 heavy (non-hydrogen) atoms. The maximum Gasteiger partial charge on any atom is 0.182 e. The maximum atomic E-state index is 12.3. The molecule has 100 valence electrons. The summed E-state index contributed by atoms with van der Waals surface area (Å²) in [7, 11) is 0. The molecule has 0 saturated heterocycles. The summed E-state index contributed by atoms with van der Waals surface area (Å²) in [6.45, 7) is 0.283. The zero-order valence-electron chi connectivity index (χ0n) is 10.5. The number of hydrogen-bond acceptors (Lipinski definition) is 1. The van der Waals surface area contributed by atoms with Crippen LogP contribution in [-0.4, -0.2) is 10.4 Å². The fraction of sp³-hybridized carbons (Fsp3) is 0.0625. The van der Waals surface area contributed by atoms with Crippen molar-refractivity contribution in [2.45, 2.75) is 6.54 Å². The second-order valence-corrected chi connectivity index (χ2v) is 5.37. The number of carbonyl (C=O) groups excluding carboxylic acids is 1. The molecule has 0 atom stereocenters. The molecular weight excluding hydrogens is 293 g/mol. The van der Waals surface area contributed by atoms with Gasteiger partial charge in [0.05, 0.1) is 16.6 Å². The molecule has 0 fully saturated rings. The number of fused-ring (bicyclic) bond motifs is 1. The molecule has 0 radical (unpaired) electrons. The lowest BCUT2D eigenvalue weighted by Gasteiger charge is -2.06. The van der Waals surface area contributed by atoms with Crippen LogP contribution in [-0.2, 0) is 6.54 Å². The van der Waals surface area contributed by atoms with Crippen LogP contribution in [0.25, 0.3) is 10.9 Å². The molecule has 0 spiro atoms. The number of hydrogen-bond donors (Lipinski definition) is 0. The van der Waals surface area contributed by atoms with Crippen LogP contribution in [0.5, 0.6) is 0 Å². The summed E-state index contributed by atoms with van der Waals surface area (Å²) >= 11 is 11.8. The summed E-state index contributed by atoms with van der Waals surface area (Å²) in [5.41, 5.74) is 1.61. The van der Waals surface area contributed by atoms with Crippen LogP contribution in [0, 0.1) is 0 Å². The molecule has 3 rings (SSSR count). The van der Waals surface area contributed by atoms with E-state index in [0.717, 1.165) is 10.9 Å². The van der Waals surface area contributed by atoms with Gasteiger partial charge >= 0.3 is 0 Å². The first-order valence-electron chi connectivity index (χ1n) is 6.17. The Morgan fingerprint density at radius 2 is 1.80 bits per heavy atom. The molecule has 1 heterocycles. The molecule has 1 aromatic heterocycles. The van der Waals surface area contributed by atoms with Crippen molar-refractivity contribution in [1.29, 1.82) is 0 Å². The summed E-state index contributed by atoms with van der Waals surface area (Å²) in [4.78, 5) is 12.3. The average molecular weight is 304 g/mol. The molecule has 0 saturated carbocycles.